The van der Waals surface area contributed by atoms with Gasteiger partial charge in [-0.15, -0.1) is 0 Å². The molecule has 0 aliphatic rings. The standard InChI is InChI=1S/C13H21ClN2/c14-13-7-1-4-12(10-13)11(5-2-8-15)6-3-9-16/h1,4,7,10-11H,2-3,5-6,8-9,15-16H2. The predicted octanol–water partition coefficient (Wildman–Crippen LogP) is 2.90. The fraction of sp³-hybridized carbons (Fsp3) is 0.538. The van der Waals surface area contributed by atoms with Crippen LogP contribution in [-0.2, 0) is 0 Å². The Labute approximate surface area is 103 Å². The van der Waals surface area contributed by atoms with Crippen molar-refractivity contribution < 1.29 is 0 Å². The Bertz CT molecular complexity index is 294. The smallest absolute Gasteiger partial charge is 0.0408 e. The third-order valence-electron chi connectivity index (χ3n) is 2.83. The van der Waals surface area contributed by atoms with Crippen molar-refractivity contribution in [1.29, 1.82) is 0 Å². The maximum absolute atomic E-state index is 6.01. The highest BCUT2D eigenvalue weighted by Gasteiger charge is 2.10. The fourth-order valence-corrected chi connectivity index (χ4v) is 2.17. The molecule has 0 bridgehead atoms. The summed E-state index contributed by atoms with van der Waals surface area (Å²) in [6.45, 7) is 1.50. The van der Waals surface area contributed by atoms with Gasteiger partial charge in [0.2, 0.25) is 0 Å². The Morgan fingerprint density at radius 1 is 1.06 bits per heavy atom. The maximum Gasteiger partial charge on any atom is 0.0408 e. The van der Waals surface area contributed by atoms with Crippen LogP contribution in [0.3, 0.4) is 0 Å². The van der Waals surface area contributed by atoms with E-state index in [4.69, 9.17) is 23.1 Å². The Morgan fingerprint density at radius 2 is 1.69 bits per heavy atom. The first-order valence-electron chi connectivity index (χ1n) is 5.93. The topological polar surface area (TPSA) is 52.0 Å². The molecular weight excluding hydrogens is 220 g/mol. The molecule has 16 heavy (non-hydrogen) atoms. The minimum absolute atomic E-state index is 0.547. The van der Waals surface area contributed by atoms with Crippen LogP contribution in [0.4, 0.5) is 0 Å². The Morgan fingerprint density at radius 3 is 2.19 bits per heavy atom. The van der Waals surface area contributed by atoms with Crippen molar-refractivity contribution in [2.45, 2.75) is 31.6 Å². The zero-order valence-corrected chi connectivity index (χ0v) is 10.4. The molecule has 0 aromatic heterocycles. The Kier molecular flexibility index (Phi) is 6.46. The molecule has 0 amide bonds. The van der Waals surface area contributed by atoms with Crippen molar-refractivity contribution in [2.75, 3.05) is 13.1 Å². The van der Waals surface area contributed by atoms with Crippen molar-refractivity contribution in [3.8, 4) is 0 Å². The molecule has 0 saturated heterocycles. The van der Waals surface area contributed by atoms with Crippen molar-refractivity contribution in [2.24, 2.45) is 11.5 Å². The van der Waals surface area contributed by atoms with Crippen molar-refractivity contribution in [3.05, 3.63) is 34.9 Å². The molecule has 0 radical (unpaired) electrons. The lowest BCUT2D eigenvalue weighted by Crippen LogP contribution is -2.07. The van der Waals surface area contributed by atoms with Crippen LogP contribution in [0.2, 0.25) is 5.02 Å². The van der Waals surface area contributed by atoms with E-state index < -0.39 is 0 Å². The lowest BCUT2D eigenvalue weighted by atomic mass is 9.90. The molecule has 0 aliphatic heterocycles. The summed E-state index contributed by atoms with van der Waals surface area (Å²) in [5.74, 6) is 0.547. The van der Waals surface area contributed by atoms with Crippen molar-refractivity contribution >= 4 is 11.6 Å². The Hall–Kier alpha value is -0.570. The minimum atomic E-state index is 0.547. The second kappa shape index (κ2) is 7.66. The van der Waals surface area contributed by atoms with E-state index in [1.807, 2.05) is 12.1 Å². The van der Waals surface area contributed by atoms with Gasteiger partial charge in [-0.2, -0.15) is 0 Å². The highest BCUT2D eigenvalue weighted by atomic mass is 35.5. The van der Waals surface area contributed by atoms with E-state index in [1.54, 1.807) is 0 Å². The summed E-state index contributed by atoms with van der Waals surface area (Å²) in [6, 6.07) is 8.12. The van der Waals surface area contributed by atoms with E-state index in [2.05, 4.69) is 12.1 Å². The summed E-state index contributed by atoms with van der Waals surface area (Å²) in [6.07, 6.45) is 4.36. The van der Waals surface area contributed by atoms with Gasteiger partial charge in [-0.1, -0.05) is 23.7 Å². The van der Waals surface area contributed by atoms with Gasteiger partial charge in [0, 0.05) is 5.02 Å². The third-order valence-corrected chi connectivity index (χ3v) is 3.07. The monoisotopic (exact) mass is 240 g/mol. The highest BCUT2D eigenvalue weighted by molar-refractivity contribution is 6.30. The van der Waals surface area contributed by atoms with Crippen LogP contribution in [0, 0.1) is 0 Å². The summed E-state index contributed by atoms with van der Waals surface area (Å²) in [5.41, 5.74) is 12.4. The van der Waals surface area contributed by atoms with E-state index in [9.17, 15) is 0 Å². The van der Waals surface area contributed by atoms with Gasteiger partial charge in [0.05, 0.1) is 0 Å². The highest BCUT2D eigenvalue weighted by Crippen LogP contribution is 2.27. The van der Waals surface area contributed by atoms with Crippen molar-refractivity contribution in [1.82, 2.24) is 0 Å². The number of halogens is 1. The molecule has 1 rings (SSSR count). The fourth-order valence-electron chi connectivity index (χ4n) is 1.97. The predicted molar refractivity (Wildman–Crippen MR) is 70.8 cm³/mol. The van der Waals surface area contributed by atoms with Crippen LogP contribution in [0.25, 0.3) is 0 Å². The van der Waals surface area contributed by atoms with E-state index in [-0.39, 0.29) is 0 Å². The van der Waals surface area contributed by atoms with Gasteiger partial charge in [0.1, 0.15) is 0 Å². The quantitative estimate of drug-likeness (QED) is 0.770. The van der Waals surface area contributed by atoms with Gasteiger partial charge in [0.15, 0.2) is 0 Å². The van der Waals surface area contributed by atoms with Gasteiger partial charge < -0.3 is 11.5 Å². The first-order chi connectivity index (χ1) is 7.77. The largest absolute Gasteiger partial charge is 0.330 e. The first-order valence-corrected chi connectivity index (χ1v) is 6.31. The maximum atomic E-state index is 6.01. The molecule has 90 valence electrons. The van der Waals surface area contributed by atoms with E-state index >= 15 is 0 Å². The molecule has 2 nitrogen and oxygen atoms in total. The Balaban J connectivity index is 2.66. The van der Waals surface area contributed by atoms with Gasteiger partial charge in [0.25, 0.3) is 0 Å². The first kappa shape index (κ1) is 13.5. The van der Waals surface area contributed by atoms with Crippen LogP contribution in [-0.4, -0.2) is 13.1 Å². The number of rotatable bonds is 7. The summed E-state index contributed by atoms with van der Waals surface area (Å²) in [4.78, 5) is 0. The van der Waals surface area contributed by atoms with Crippen LogP contribution in [0.1, 0.15) is 37.2 Å². The third kappa shape index (κ3) is 4.52. The number of nitrogens with two attached hydrogens (primary N) is 2. The number of hydrogen-bond donors (Lipinski definition) is 2. The normalized spacial score (nSPS) is 11.0. The molecular formula is C13H21ClN2. The van der Waals surface area contributed by atoms with E-state index in [0.29, 0.717) is 5.92 Å². The summed E-state index contributed by atoms with van der Waals surface area (Å²) in [5, 5.41) is 0.808. The van der Waals surface area contributed by atoms with E-state index in [1.165, 1.54) is 5.56 Å². The molecule has 1 aromatic carbocycles. The minimum Gasteiger partial charge on any atom is -0.330 e. The van der Waals surface area contributed by atoms with Crippen molar-refractivity contribution in [3.63, 3.8) is 0 Å². The van der Waals surface area contributed by atoms with Crippen LogP contribution in [0.15, 0.2) is 24.3 Å². The lowest BCUT2D eigenvalue weighted by Gasteiger charge is -2.17. The zero-order chi connectivity index (χ0) is 11.8. The molecule has 0 heterocycles. The van der Waals surface area contributed by atoms with Crippen LogP contribution in [0.5, 0.6) is 0 Å². The van der Waals surface area contributed by atoms with E-state index in [0.717, 1.165) is 43.8 Å². The number of hydrogen-bond acceptors (Lipinski definition) is 2. The average Bonchev–Trinajstić information content (AvgIpc) is 2.29. The molecule has 0 spiro atoms. The number of benzene rings is 1. The molecule has 0 atom stereocenters. The molecule has 0 unspecified atom stereocenters. The van der Waals surface area contributed by atoms with Crippen LogP contribution >= 0.6 is 11.6 Å². The molecule has 1 aromatic rings. The summed E-state index contributed by atoms with van der Waals surface area (Å²) < 4.78 is 0. The average molecular weight is 241 g/mol. The second-order valence-corrected chi connectivity index (χ2v) is 4.55. The SMILES string of the molecule is NCCCC(CCCN)c1cccc(Cl)c1. The van der Waals surface area contributed by atoms with Gasteiger partial charge in [-0.05, 0) is 62.4 Å². The summed E-state index contributed by atoms with van der Waals surface area (Å²) >= 11 is 6.01. The molecule has 0 aliphatic carbocycles. The molecule has 0 saturated carbocycles. The lowest BCUT2D eigenvalue weighted by molar-refractivity contribution is 0.540. The van der Waals surface area contributed by atoms with Gasteiger partial charge in [-0.25, -0.2) is 0 Å². The van der Waals surface area contributed by atoms with Crippen LogP contribution < -0.4 is 11.5 Å². The van der Waals surface area contributed by atoms with Gasteiger partial charge in [-0.3, -0.25) is 0 Å². The van der Waals surface area contributed by atoms with Gasteiger partial charge >= 0.3 is 0 Å². The molecule has 4 N–H and O–H groups in total. The zero-order valence-electron chi connectivity index (χ0n) is 9.66. The second-order valence-electron chi connectivity index (χ2n) is 4.11. The molecule has 3 heteroatoms. The summed E-state index contributed by atoms with van der Waals surface area (Å²) in [7, 11) is 0. The molecule has 0 fully saturated rings.